The molecule has 6 nitrogen and oxygen atoms in total. The number of hydrogen-bond acceptors (Lipinski definition) is 5. The van der Waals surface area contributed by atoms with E-state index in [0.717, 1.165) is 64.5 Å². The molecule has 3 aliphatic heterocycles. The van der Waals surface area contributed by atoms with Crippen LogP contribution in [0.15, 0.2) is 24.4 Å². The van der Waals surface area contributed by atoms with E-state index in [-0.39, 0.29) is 5.91 Å². The fourth-order valence-electron chi connectivity index (χ4n) is 4.28. The summed E-state index contributed by atoms with van der Waals surface area (Å²) < 4.78 is 0. The predicted octanol–water partition coefficient (Wildman–Crippen LogP) is 0.947. The Hall–Kier alpha value is -1.66. The van der Waals surface area contributed by atoms with Gasteiger partial charge in [-0.05, 0) is 25.0 Å². The summed E-state index contributed by atoms with van der Waals surface area (Å²) in [7, 11) is 0. The highest BCUT2D eigenvalue weighted by atomic mass is 16.1. The summed E-state index contributed by atoms with van der Waals surface area (Å²) in [5.41, 5.74) is 0. The highest BCUT2D eigenvalue weighted by Crippen LogP contribution is 2.20. The number of piperazine rings is 1. The normalized spacial score (nSPS) is 26.8. The molecule has 1 unspecified atom stereocenters. The number of carbonyl (C=O) groups excluding carboxylic acids is 1. The van der Waals surface area contributed by atoms with Crippen LogP contribution in [0, 0.1) is 0 Å². The quantitative estimate of drug-likeness (QED) is 0.882. The van der Waals surface area contributed by atoms with Crippen molar-refractivity contribution < 1.29 is 4.79 Å². The van der Waals surface area contributed by atoms with Crippen LogP contribution in [0.4, 0.5) is 5.82 Å². The Morgan fingerprint density at radius 3 is 2.72 bits per heavy atom. The van der Waals surface area contributed by atoms with Crippen LogP contribution in [-0.4, -0.2) is 78.6 Å². The third kappa shape index (κ3) is 4.12. The number of amides is 1. The molecule has 1 aromatic rings. The van der Waals surface area contributed by atoms with E-state index in [0.29, 0.717) is 18.5 Å². The van der Waals surface area contributed by atoms with Crippen molar-refractivity contribution in [2.75, 3.05) is 50.7 Å². The molecule has 1 aromatic heterocycles. The highest BCUT2D eigenvalue weighted by molar-refractivity contribution is 5.76. The lowest BCUT2D eigenvalue weighted by Gasteiger charge is -2.49. The first-order valence-electron chi connectivity index (χ1n) is 9.70. The van der Waals surface area contributed by atoms with E-state index in [1.165, 1.54) is 6.42 Å². The molecule has 0 aliphatic carbocycles. The number of hydrogen-bond donors (Lipinski definition) is 1. The maximum Gasteiger partial charge on any atom is 0.220 e. The van der Waals surface area contributed by atoms with Crippen LogP contribution in [0.2, 0.25) is 0 Å². The lowest BCUT2D eigenvalue weighted by molar-refractivity contribution is -0.121. The molecule has 6 heteroatoms. The molecule has 1 amide bonds. The van der Waals surface area contributed by atoms with Gasteiger partial charge in [-0.2, -0.15) is 0 Å². The summed E-state index contributed by atoms with van der Waals surface area (Å²) in [6.45, 7) is 7.69. The number of carbonyl (C=O) groups is 1. The van der Waals surface area contributed by atoms with Crippen molar-refractivity contribution in [1.29, 1.82) is 0 Å². The monoisotopic (exact) mass is 343 g/mol. The van der Waals surface area contributed by atoms with Crippen LogP contribution >= 0.6 is 0 Å². The number of anilines is 1. The largest absolute Gasteiger partial charge is 0.354 e. The summed E-state index contributed by atoms with van der Waals surface area (Å²) >= 11 is 0. The Kier molecular flexibility index (Phi) is 5.17. The van der Waals surface area contributed by atoms with Gasteiger partial charge in [-0.1, -0.05) is 12.5 Å². The zero-order valence-electron chi connectivity index (χ0n) is 14.9. The second-order valence-electron chi connectivity index (χ2n) is 7.59. The zero-order chi connectivity index (χ0) is 17.1. The summed E-state index contributed by atoms with van der Waals surface area (Å²) in [6, 6.07) is 7.18. The summed E-state index contributed by atoms with van der Waals surface area (Å²) in [5, 5.41) is 3.19. The summed E-state index contributed by atoms with van der Waals surface area (Å²) in [4.78, 5) is 23.7. The van der Waals surface area contributed by atoms with Crippen LogP contribution < -0.4 is 10.2 Å². The van der Waals surface area contributed by atoms with Crippen molar-refractivity contribution in [1.82, 2.24) is 20.1 Å². The van der Waals surface area contributed by atoms with Crippen LogP contribution in [0.1, 0.15) is 25.7 Å². The average Bonchev–Trinajstić information content (AvgIpc) is 2.83. The van der Waals surface area contributed by atoms with Gasteiger partial charge in [0.15, 0.2) is 0 Å². The Labute approximate surface area is 150 Å². The van der Waals surface area contributed by atoms with Crippen molar-refractivity contribution in [2.24, 2.45) is 0 Å². The van der Waals surface area contributed by atoms with E-state index in [4.69, 9.17) is 0 Å². The van der Waals surface area contributed by atoms with Gasteiger partial charge in [-0.15, -0.1) is 0 Å². The Balaban J connectivity index is 1.19. The Morgan fingerprint density at radius 2 is 1.96 bits per heavy atom. The molecule has 3 aliphatic rings. The molecular formula is C19H29N5O. The van der Waals surface area contributed by atoms with Crippen molar-refractivity contribution in [3.05, 3.63) is 24.4 Å². The molecule has 4 rings (SSSR count). The van der Waals surface area contributed by atoms with E-state index in [2.05, 4.69) is 37.1 Å². The van der Waals surface area contributed by atoms with Gasteiger partial charge in [0, 0.05) is 70.5 Å². The van der Waals surface area contributed by atoms with Gasteiger partial charge in [0.1, 0.15) is 5.82 Å². The lowest BCUT2D eigenvalue weighted by atomic mass is 10.0. The van der Waals surface area contributed by atoms with Gasteiger partial charge in [0.2, 0.25) is 5.91 Å². The van der Waals surface area contributed by atoms with Crippen molar-refractivity contribution >= 4 is 11.7 Å². The molecule has 3 fully saturated rings. The van der Waals surface area contributed by atoms with Gasteiger partial charge in [-0.25, -0.2) is 4.98 Å². The minimum absolute atomic E-state index is 0.241. The van der Waals surface area contributed by atoms with Crippen LogP contribution in [0.3, 0.4) is 0 Å². The molecule has 0 saturated carbocycles. The molecule has 0 bridgehead atoms. The molecule has 3 saturated heterocycles. The first-order valence-corrected chi connectivity index (χ1v) is 9.70. The third-order valence-electron chi connectivity index (χ3n) is 5.79. The standard InChI is InChI=1S/C19H29N5O/c25-19-7-2-1-5-16(21-19)13-22-14-17(15-22)23-9-11-24(12-10-23)18-6-3-4-8-20-18/h3-4,6,8,16-17H,1-2,5,7,9-15H2,(H,21,25). The first kappa shape index (κ1) is 16.8. The smallest absolute Gasteiger partial charge is 0.220 e. The number of likely N-dealkylation sites (tertiary alicyclic amines) is 1. The number of nitrogens with zero attached hydrogens (tertiary/aromatic N) is 4. The van der Waals surface area contributed by atoms with E-state index >= 15 is 0 Å². The van der Waals surface area contributed by atoms with E-state index in [9.17, 15) is 4.79 Å². The number of aromatic nitrogens is 1. The number of rotatable bonds is 4. The van der Waals surface area contributed by atoms with Gasteiger partial charge in [0.05, 0.1) is 0 Å². The van der Waals surface area contributed by atoms with Gasteiger partial charge < -0.3 is 10.2 Å². The second kappa shape index (κ2) is 7.70. The van der Waals surface area contributed by atoms with Crippen molar-refractivity contribution in [3.8, 4) is 0 Å². The van der Waals surface area contributed by atoms with Gasteiger partial charge >= 0.3 is 0 Å². The molecule has 1 N–H and O–H groups in total. The summed E-state index contributed by atoms with van der Waals surface area (Å²) in [5.74, 6) is 1.34. The minimum atomic E-state index is 0.241. The maximum atomic E-state index is 11.7. The van der Waals surface area contributed by atoms with Gasteiger partial charge in [0.25, 0.3) is 0 Å². The predicted molar refractivity (Wildman–Crippen MR) is 98.6 cm³/mol. The zero-order valence-corrected chi connectivity index (χ0v) is 14.9. The van der Waals surface area contributed by atoms with Crippen molar-refractivity contribution in [3.63, 3.8) is 0 Å². The highest BCUT2D eigenvalue weighted by Gasteiger charge is 2.34. The number of pyridine rings is 1. The maximum absolute atomic E-state index is 11.7. The van der Waals surface area contributed by atoms with Crippen molar-refractivity contribution in [2.45, 2.75) is 37.8 Å². The SMILES string of the molecule is O=C1CCCCC(CN2CC(N3CCN(c4ccccn4)CC3)C2)N1. The Morgan fingerprint density at radius 1 is 1.12 bits per heavy atom. The van der Waals surface area contributed by atoms with E-state index < -0.39 is 0 Å². The molecule has 4 heterocycles. The first-order chi connectivity index (χ1) is 12.3. The third-order valence-corrected chi connectivity index (χ3v) is 5.79. The van der Waals surface area contributed by atoms with Crippen LogP contribution in [-0.2, 0) is 4.79 Å². The molecular weight excluding hydrogens is 314 g/mol. The molecule has 136 valence electrons. The fourth-order valence-corrected chi connectivity index (χ4v) is 4.28. The average molecular weight is 343 g/mol. The second-order valence-corrected chi connectivity index (χ2v) is 7.59. The fraction of sp³-hybridized carbons (Fsp3) is 0.684. The molecule has 25 heavy (non-hydrogen) atoms. The molecule has 0 radical (unpaired) electrons. The molecule has 1 atom stereocenters. The van der Waals surface area contributed by atoms with Crippen LogP contribution in [0.25, 0.3) is 0 Å². The van der Waals surface area contributed by atoms with E-state index in [1.54, 1.807) is 0 Å². The summed E-state index contributed by atoms with van der Waals surface area (Å²) in [6.07, 6.45) is 5.94. The minimum Gasteiger partial charge on any atom is -0.354 e. The van der Waals surface area contributed by atoms with E-state index in [1.807, 2.05) is 12.3 Å². The Bertz CT molecular complexity index is 566. The van der Waals surface area contributed by atoms with Gasteiger partial charge in [-0.3, -0.25) is 14.6 Å². The molecule has 0 aromatic carbocycles. The number of nitrogens with one attached hydrogen (secondary N) is 1. The molecule has 0 spiro atoms. The lowest BCUT2D eigenvalue weighted by Crippen LogP contribution is -2.64. The van der Waals surface area contributed by atoms with Crippen LogP contribution in [0.5, 0.6) is 0 Å². The topological polar surface area (TPSA) is 51.7 Å².